The minimum Gasteiger partial charge on any atom is -0.382 e. The number of rotatable bonds is 2. The zero-order valence-electron chi connectivity index (χ0n) is 11.4. The van der Waals surface area contributed by atoms with E-state index in [1.165, 1.54) is 16.0 Å². The Kier molecular flexibility index (Phi) is 2.58. The molecule has 1 saturated carbocycles. The van der Waals surface area contributed by atoms with Crippen molar-refractivity contribution in [3.05, 3.63) is 33.9 Å². The lowest BCUT2D eigenvalue weighted by Crippen LogP contribution is -2.14. The number of hydrogen-bond acceptors (Lipinski definition) is 6. The summed E-state index contributed by atoms with van der Waals surface area (Å²) in [5, 5.41) is 4.89. The van der Waals surface area contributed by atoms with Gasteiger partial charge in [0, 0.05) is 11.6 Å². The third kappa shape index (κ3) is 1.92. The molecular weight excluding hydrogens is 286 g/mol. The second-order valence-electron chi connectivity index (χ2n) is 5.25. The lowest BCUT2D eigenvalue weighted by Gasteiger charge is -2.02. The van der Waals surface area contributed by atoms with Gasteiger partial charge in [-0.25, -0.2) is 9.97 Å². The molecule has 0 saturated heterocycles. The summed E-state index contributed by atoms with van der Waals surface area (Å²) in [5.41, 5.74) is 9.81. The summed E-state index contributed by atoms with van der Waals surface area (Å²) in [7, 11) is 0. The van der Waals surface area contributed by atoms with E-state index in [4.69, 9.17) is 5.73 Å². The molecule has 0 unspecified atom stereocenters. The number of carbonyl (C=O) groups is 1. The molecule has 3 aromatic rings. The lowest BCUT2D eigenvalue weighted by atomic mass is 10.2. The van der Waals surface area contributed by atoms with Gasteiger partial charge < -0.3 is 5.73 Å². The number of carbonyl (C=O) groups excluding carboxylic acids is 1. The number of aryl methyl sites for hydroxylation is 1. The minimum atomic E-state index is -0.225. The number of nitrogens with two attached hydrogens (primary N) is 1. The summed E-state index contributed by atoms with van der Waals surface area (Å²) in [4.78, 5) is 21.9. The van der Waals surface area contributed by atoms with Crippen LogP contribution in [0.15, 0.2) is 17.6 Å². The van der Waals surface area contributed by atoms with E-state index in [-0.39, 0.29) is 5.91 Å². The van der Waals surface area contributed by atoms with E-state index in [2.05, 4.69) is 15.1 Å². The highest BCUT2D eigenvalue weighted by Crippen LogP contribution is 2.39. The highest BCUT2D eigenvalue weighted by atomic mass is 32.1. The Morgan fingerprint density at radius 2 is 2.24 bits per heavy atom. The molecular formula is C14H13N5OS. The zero-order chi connectivity index (χ0) is 14.6. The first-order valence-corrected chi connectivity index (χ1v) is 7.63. The molecule has 0 atom stereocenters. The second-order valence-corrected chi connectivity index (χ2v) is 6.11. The fraction of sp³-hybridized carbons (Fsp3) is 0.286. The first-order valence-electron chi connectivity index (χ1n) is 6.75. The van der Waals surface area contributed by atoms with Crippen LogP contribution < -0.4 is 5.73 Å². The van der Waals surface area contributed by atoms with Crippen LogP contribution in [-0.4, -0.2) is 25.7 Å². The van der Waals surface area contributed by atoms with Gasteiger partial charge in [0.05, 0.1) is 16.6 Å². The molecule has 2 N–H and O–H groups in total. The van der Waals surface area contributed by atoms with Crippen LogP contribution in [0.5, 0.6) is 0 Å². The highest BCUT2D eigenvalue weighted by Gasteiger charge is 2.27. The first kappa shape index (κ1) is 12.5. The molecule has 3 heterocycles. The van der Waals surface area contributed by atoms with Crippen LogP contribution in [0.25, 0.3) is 11.0 Å². The molecule has 0 spiro atoms. The molecule has 0 amide bonds. The Morgan fingerprint density at radius 1 is 1.43 bits per heavy atom. The van der Waals surface area contributed by atoms with Crippen LogP contribution in [0.3, 0.4) is 0 Å². The molecule has 3 aromatic heterocycles. The second kappa shape index (κ2) is 4.36. The van der Waals surface area contributed by atoms with Crippen LogP contribution >= 0.6 is 11.3 Å². The number of hydrogen-bond donors (Lipinski definition) is 1. The number of thiazole rings is 1. The van der Waals surface area contributed by atoms with E-state index >= 15 is 0 Å². The zero-order valence-corrected chi connectivity index (χ0v) is 12.2. The van der Waals surface area contributed by atoms with Gasteiger partial charge in [-0.2, -0.15) is 4.68 Å². The van der Waals surface area contributed by atoms with Crippen molar-refractivity contribution in [2.75, 3.05) is 5.73 Å². The average Bonchev–Trinajstić information content (AvgIpc) is 3.17. The van der Waals surface area contributed by atoms with Gasteiger partial charge in [-0.15, -0.1) is 16.4 Å². The van der Waals surface area contributed by atoms with E-state index in [0.717, 1.165) is 23.9 Å². The molecule has 1 aliphatic rings. The van der Waals surface area contributed by atoms with E-state index in [1.54, 1.807) is 5.51 Å². The van der Waals surface area contributed by atoms with Gasteiger partial charge in [0.15, 0.2) is 11.5 Å². The normalized spacial score (nSPS) is 14.7. The van der Waals surface area contributed by atoms with E-state index < -0.39 is 0 Å². The summed E-state index contributed by atoms with van der Waals surface area (Å²) < 4.78 is 1.30. The summed E-state index contributed by atoms with van der Waals surface area (Å²) in [6.45, 7) is 1.81. The number of aromatic nitrogens is 4. The molecule has 7 heteroatoms. The Morgan fingerprint density at radius 3 is 2.90 bits per heavy atom. The number of nitrogen functional groups attached to an aromatic ring is 1. The number of fused-ring (bicyclic) bond motifs is 1. The molecule has 0 aromatic carbocycles. The van der Waals surface area contributed by atoms with Crippen LogP contribution in [0.4, 0.5) is 5.82 Å². The topological polar surface area (TPSA) is 86.7 Å². The van der Waals surface area contributed by atoms with Crippen molar-refractivity contribution in [2.24, 2.45) is 0 Å². The van der Waals surface area contributed by atoms with Crippen LogP contribution in [-0.2, 0) is 0 Å². The summed E-state index contributed by atoms with van der Waals surface area (Å²) in [6.07, 6.45) is 2.31. The predicted octanol–water partition coefficient (Wildman–Crippen LogP) is 2.34. The maximum absolute atomic E-state index is 12.6. The molecule has 21 heavy (non-hydrogen) atoms. The minimum absolute atomic E-state index is 0.225. The third-order valence-corrected chi connectivity index (χ3v) is 4.63. The van der Waals surface area contributed by atoms with Gasteiger partial charge in [0.2, 0.25) is 0 Å². The fourth-order valence-electron chi connectivity index (χ4n) is 2.38. The molecule has 6 nitrogen and oxygen atoms in total. The molecule has 0 aliphatic heterocycles. The Hall–Kier alpha value is -2.28. The Balaban J connectivity index is 1.89. The van der Waals surface area contributed by atoms with Crippen molar-refractivity contribution >= 4 is 34.1 Å². The van der Waals surface area contributed by atoms with Gasteiger partial charge in [0.25, 0.3) is 5.91 Å². The Bertz CT molecular complexity index is 862. The predicted molar refractivity (Wildman–Crippen MR) is 80.5 cm³/mol. The van der Waals surface area contributed by atoms with Crippen LogP contribution in [0.1, 0.15) is 39.8 Å². The highest BCUT2D eigenvalue weighted by molar-refractivity contribution is 7.11. The SMILES string of the molecule is Cc1ncsc1C(=O)n1nc(N)c2ccc(C3CC3)nc21. The summed E-state index contributed by atoms with van der Waals surface area (Å²) in [5.74, 6) is 0.617. The van der Waals surface area contributed by atoms with E-state index in [0.29, 0.717) is 28.0 Å². The molecule has 1 fully saturated rings. The van der Waals surface area contributed by atoms with Crippen molar-refractivity contribution in [2.45, 2.75) is 25.7 Å². The van der Waals surface area contributed by atoms with Crippen molar-refractivity contribution in [1.82, 2.24) is 19.7 Å². The maximum Gasteiger partial charge on any atom is 0.292 e. The molecule has 1 aliphatic carbocycles. The number of pyridine rings is 1. The molecule has 0 bridgehead atoms. The van der Waals surface area contributed by atoms with Gasteiger partial charge in [-0.05, 0) is 31.9 Å². The quantitative estimate of drug-likeness (QED) is 0.785. The standard InChI is InChI=1S/C14H13N5OS/c1-7-11(21-6-16-7)14(20)19-13-9(12(15)18-19)4-5-10(17-13)8-2-3-8/h4-6,8H,2-3H2,1H3,(H2,15,18). The smallest absolute Gasteiger partial charge is 0.292 e. The molecule has 106 valence electrons. The van der Waals surface area contributed by atoms with Crippen molar-refractivity contribution in [3.8, 4) is 0 Å². The number of anilines is 1. The average molecular weight is 299 g/mol. The van der Waals surface area contributed by atoms with Gasteiger partial charge >= 0.3 is 0 Å². The fourth-order valence-corrected chi connectivity index (χ4v) is 3.11. The summed E-state index contributed by atoms with van der Waals surface area (Å²) in [6, 6.07) is 3.88. The van der Waals surface area contributed by atoms with Gasteiger partial charge in [0.1, 0.15) is 4.88 Å². The molecule has 4 rings (SSSR count). The third-order valence-electron chi connectivity index (χ3n) is 3.71. The molecule has 0 radical (unpaired) electrons. The van der Waals surface area contributed by atoms with E-state index in [1.807, 2.05) is 19.1 Å². The monoisotopic (exact) mass is 299 g/mol. The number of nitrogens with zero attached hydrogens (tertiary/aromatic N) is 4. The van der Waals surface area contributed by atoms with Gasteiger partial charge in [-0.3, -0.25) is 4.79 Å². The maximum atomic E-state index is 12.6. The first-order chi connectivity index (χ1) is 10.1. The van der Waals surface area contributed by atoms with Crippen molar-refractivity contribution in [1.29, 1.82) is 0 Å². The lowest BCUT2D eigenvalue weighted by molar-refractivity contribution is 0.0953. The van der Waals surface area contributed by atoms with Gasteiger partial charge in [-0.1, -0.05) is 0 Å². The Labute approximate surface area is 124 Å². The largest absolute Gasteiger partial charge is 0.382 e. The summed E-state index contributed by atoms with van der Waals surface area (Å²) >= 11 is 1.30. The van der Waals surface area contributed by atoms with Crippen LogP contribution in [0.2, 0.25) is 0 Å². The van der Waals surface area contributed by atoms with E-state index in [9.17, 15) is 4.79 Å². The van der Waals surface area contributed by atoms with Crippen molar-refractivity contribution < 1.29 is 4.79 Å². The van der Waals surface area contributed by atoms with Crippen molar-refractivity contribution in [3.63, 3.8) is 0 Å². The van der Waals surface area contributed by atoms with Crippen LogP contribution in [0, 0.1) is 6.92 Å².